The molecule has 30 heavy (non-hydrogen) atoms. The fourth-order valence-corrected chi connectivity index (χ4v) is 3.79. The number of para-hydroxylation sites is 1. The van der Waals surface area contributed by atoms with E-state index in [2.05, 4.69) is 5.32 Å². The van der Waals surface area contributed by atoms with Crippen LogP contribution in [-0.2, 0) is 9.59 Å². The van der Waals surface area contributed by atoms with Crippen LogP contribution in [0.15, 0.2) is 47.4 Å². The molecule has 8 heteroatoms. The molecule has 0 unspecified atom stereocenters. The van der Waals surface area contributed by atoms with Gasteiger partial charge in [0.25, 0.3) is 11.1 Å². The van der Waals surface area contributed by atoms with Crippen molar-refractivity contribution < 1.29 is 23.9 Å². The minimum absolute atomic E-state index is 0.0195. The van der Waals surface area contributed by atoms with Crippen molar-refractivity contribution in [1.29, 1.82) is 0 Å². The van der Waals surface area contributed by atoms with Crippen molar-refractivity contribution in [2.45, 2.75) is 13.3 Å². The minimum atomic E-state index is -0.413. The SMILES string of the molecule is COc1ccc(C=C2SC(=O)N(CCC(=O)Nc3ccccc3C)C2=O)cc1OC. The Morgan fingerprint density at radius 3 is 2.53 bits per heavy atom. The number of hydrogen-bond donors (Lipinski definition) is 1. The predicted molar refractivity (Wildman–Crippen MR) is 117 cm³/mol. The molecule has 3 rings (SSSR count). The van der Waals surface area contributed by atoms with E-state index in [-0.39, 0.29) is 18.9 Å². The van der Waals surface area contributed by atoms with Gasteiger partial charge in [-0.1, -0.05) is 24.3 Å². The molecule has 2 aromatic rings. The summed E-state index contributed by atoms with van der Waals surface area (Å²) in [7, 11) is 3.07. The van der Waals surface area contributed by atoms with Gasteiger partial charge in [-0.3, -0.25) is 19.3 Å². The number of carbonyl (C=O) groups excluding carboxylic acids is 3. The number of benzene rings is 2. The molecule has 0 aromatic heterocycles. The van der Waals surface area contributed by atoms with Crippen LogP contribution in [0.1, 0.15) is 17.5 Å². The Balaban J connectivity index is 1.65. The molecule has 0 saturated carbocycles. The molecule has 156 valence electrons. The summed E-state index contributed by atoms with van der Waals surface area (Å²) in [5.74, 6) is 0.427. The smallest absolute Gasteiger partial charge is 0.293 e. The lowest BCUT2D eigenvalue weighted by atomic mass is 10.2. The van der Waals surface area contributed by atoms with E-state index < -0.39 is 11.1 Å². The normalized spacial score (nSPS) is 14.9. The van der Waals surface area contributed by atoms with Crippen molar-refractivity contribution in [3.8, 4) is 11.5 Å². The Morgan fingerprint density at radius 2 is 1.83 bits per heavy atom. The van der Waals surface area contributed by atoms with Gasteiger partial charge in [-0.05, 0) is 54.1 Å². The first kappa shape index (κ1) is 21.4. The number of methoxy groups -OCH3 is 2. The molecule has 1 fully saturated rings. The Kier molecular flexibility index (Phi) is 6.79. The summed E-state index contributed by atoms with van der Waals surface area (Å²) in [5, 5.41) is 2.41. The molecule has 0 spiro atoms. The third kappa shape index (κ3) is 4.83. The summed E-state index contributed by atoms with van der Waals surface area (Å²) < 4.78 is 10.5. The summed E-state index contributed by atoms with van der Waals surface area (Å²) >= 11 is 0.853. The van der Waals surface area contributed by atoms with Crippen LogP contribution < -0.4 is 14.8 Å². The molecular weight excluding hydrogens is 404 g/mol. The van der Waals surface area contributed by atoms with Gasteiger partial charge in [-0.15, -0.1) is 0 Å². The summed E-state index contributed by atoms with van der Waals surface area (Å²) in [6.45, 7) is 1.91. The topological polar surface area (TPSA) is 84.9 Å². The quantitative estimate of drug-likeness (QED) is 0.672. The number of thioether (sulfide) groups is 1. The first-order valence-electron chi connectivity index (χ1n) is 9.26. The highest BCUT2D eigenvalue weighted by molar-refractivity contribution is 8.18. The average molecular weight is 426 g/mol. The molecule has 0 radical (unpaired) electrons. The Bertz CT molecular complexity index is 1020. The second-order valence-corrected chi connectivity index (χ2v) is 7.55. The fraction of sp³-hybridized carbons (Fsp3) is 0.227. The van der Waals surface area contributed by atoms with E-state index >= 15 is 0 Å². The number of imide groups is 1. The number of amides is 3. The summed E-state index contributed by atoms with van der Waals surface area (Å²) in [5.41, 5.74) is 2.36. The maximum absolute atomic E-state index is 12.7. The Labute approximate surface area is 179 Å². The largest absolute Gasteiger partial charge is 0.493 e. The van der Waals surface area contributed by atoms with Crippen LogP contribution in [0.3, 0.4) is 0 Å². The first-order chi connectivity index (χ1) is 14.4. The van der Waals surface area contributed by atoms with Gasteiger partial charge in [0.1, 0.15) is 0 Å². The Hall–Kier alpha value is -3.26. The van der Waals surface area contributed by atoms with E-state index in [1.54, 1.807) is 30.3 Å². The van der Waals surface area contributed by atoms with E-state index in [4.69, 9.17) is 9.47 Å². The number of nitrogens with zero attached hydrogens (tertiary/aromatic N) is 1. The van der Waals surface area contributed by atoms with Crippen molar-refractivity contribution >= 4 is 40.6 Å². The molecule has 7 nitrogen and oxygen atoms in total. The zero-order valence-corrected chi connectivity index (χ0v) is 17.7. The molecule has 1 saturated heterocycles. The maximum atomic E-state index is 12.7. The lowest BCUT2D eigenvalue weighted by Gasteiger charge is -2.13. The zero-order chi connectivity index (χ0) is 21.7. The van der Waals surface area contributed by atoms with Crippen LogP contribution in [-0.4, -0.2) is 42.7 Å². The molecule has 1 aliphatic rings. The van der Waals surface area contributed by atoms with Gasteiger partial charge in [0.05, 0.1) is 19.1 Å². The van der Waals surface area contributed by atoms with E-state index in [9.17, 15) is 14.4 Å². The highest BCUT2D eigenvalue weighted by Crippen LogP contribution is 2.34. The molecule has 0 atom stereocenters. The number of nitrogens with one attached hydrogen (secondary N) is 1. The van der Waals surface area contributed by atoms with Crippen molar-refractivity contribution in [2.75, 3.05) is 26.1 Å². The second-order valence-electron chi connectivity index (χ2n) is 6.56. The van der Waals surface area contributed by atoms with Gasteiger partial charge < -0.3 is 14.8 Å². The van der Waals surface area contributed by atoms with Gasteiger partial charge >= 0.3 is 0 Å². The molecule has 0 bridgehead atoms. The standard InChI is InChI=1S/C22H22N2O5S/c1-14-6-4-5-7-16(14)23-20(25)10-11-24-21(26)19(30-22(24)27)13-15-8-9-17(28-2)18(12-15)29-3/h4-9,12-13H,10-11H2,1-3H3,(H,23,25). The van der Waals surface area contributed by atoms with Crippen LogP contribution in [0.4, 0.5) is 10.5 Å². The molecule has 3 amide bonds. The number of hydrogen-bond acceptors (Lipinski definition) is 6. The molecular formula is C22H22N2O5S. The summed E-state index contributed by atoms with van der Waals surface area (Å²) in [6.07, 6.45) is 1.65. The molecule has 1 N–H and O–H groups in total. The number of carbonyl (C=O) groups is 3. The molecule has 1 aliphatic heterocycles. The Morgan fingerprint density at radius 1 is 1.10 bits per heavy atom. The van der Waals surface area contributed by atoms with Crippen molar-refractivity contribution in [3.63, 3.8) is 0 Å². The lowest BCUT2D eigenvalue weighted by molar-refractivity contribution is -0.123. The number of anilines is 1. The number of rotatable bonds is 7. The highest BCUT2D eigenvalue weighted by Gasteiger charge is 2.35. The summed E-state index contributed by atoms with van der Waals surface area (Å²) in [6, 6.07) is 12.6. The lowest BCUT2D eigenvalue weighted by Crippen LogP contribution is -2.31. The van der Waals surface area contributed by atoms with Gasteiger partial charge in [-0.25, -0.2) is 0 Å². The van der Waals surface area contributed by atoms with Gasteiger partial charge in [0.2, 0.25) is 5.91 Å². The van der Waals surface area contributed by atoms with Crippen LogP contribution >= 0.6 is 11.8 Å². The van der Waals surface area contributed by atoms with E-state index in [1.165, 1.54) is 14.2 Å². The van der Waals surface area contributed by atoms with Crippen LogP contribution in [0, 0.1) is 6.92 Å². The van der Waals surface area contributed by atoms with Gasteiger partial charge in [0, 0.05) is 18.7 Å². The number of ether oxygens (including phenoxy) is 2. The maximum Gasteiger partial charge on any atom is 0.293 e. The van der Waals surface area contributed by atoms with Crippen LogP contribution in [0.2, 0.25) is 0 Å². The van der Waals surface area contributed by atoms with Gasteiger partial charge in [-0.2, -0.15) is 0 Å². The zero-order valence-electron chi connectivity index (χ0n) is 16.9. The van der Waals surface area contributed by atoms with E-state index in [0.29, 0.717) is 27.7 Å². The van der Waals surface area contributed by atoms with E-state index in [1.807, 2.05) is 25.1 Å². The average Bonchev–Trinajstić information content (AvgIpc) is 3.00. The third-order valence-corrected chi connectivity index (χ3v) is 5.47. The van der Waals surface area contributed by atoms with E-state index in [0.717, 1.165) is 22.2 Å². The minimum Gasteiger partial charge on any atom is -0.493 e. The fourth-order valence-electron chi connectivity index (χ4n) is 2.93. The first-order valence-corrected chi connectivity index (χ1v) is 10.1. The number of aryl methyl sites for hydroxylation is 1. The second kappa shape index (κ2) is 9.49. The highest BCUT2D eigenvalue weighted by atomic mass is 32.2. The van der Waals surface area contributed by atoms with Crippen molar-refractivity contribution in [2.24, 2.45) is 0 Å². The molecule has 2 aromatic carbocycles. The third-order valence-electron chi connectivity index (χ3n) is 4.56. The van der Waals surface area contributed by atoms with Gasteiger partial charge in [0.15, 0.2) is 11.5 Å². The van der Waals surface area contributed by atoms with Crippen LogP contribution in [0.5, 0.6) is 11.5 Å². The summed E-state index contributed by atoms with van der Waals surface area (Å²) in [4.78, 5) is 38.6. The molecule has 0 aliphatic carbocycles. The molecule has 1 heterocycles. The monoisotopic (exact) mass is 426 g/mol. The van der Waals surface area contributed by atoms with Crippen molar-refractivity contribution in [1.82, 2.24) is 4.90 Å². The van der Waals surface area contributed by atoms with Crippen molar-refractivity contribution in [3.05, 3.63) is 58.5 Å². The van der Waals surface area contributed by atoms with Crippen LogP contribution in [0.25, 0.3) is 6.08 Å². The predicted octanol–water partition coefficient (Wildman–Crippen LogP) is 4.08.